The molecule has 3 aromatic rings. The molecular formula is C18H18N4O. The molecule has 23 heavy (non-hydrogen) atoms. The number of aromatic nitrogens is 3. The number of primary amides is 1. The highest BCUT2D eigenvalue weighted by atomic mass is 16.1. The van der Waals surface area contributed by atoms with E-state index in [-0.39, 0.29) is 5.82 Å². The predicted molar refractivity (Wildman–Crippen MR) is 89.5 cm³/mol. The number of hydrogen-bond acceptors (Lipinski definition) is 3. The van der Waals surface area contributed by atoms with E-state index < -0.39 is 5.91 Å². The number of aryl methyl sites for hydroxylation is 3. The van der Waals surface area contributed by atoms with Crippen molar-refractivity contribution in [3.8, 4) is 17.1 Å². The zero-order chi connectivity index (χ0) is 16.6. The Morgan fingerprint density at radius 2 is 1.65 bits per heavy atom. The van der Waals surface area contributed by atoms with Crippen LogP contribution in [0.2, 0.25) is 0 Å². The average Bonchev–Trinajstić information content (AvgIpc) is 2.93. The fourth-order valence-electron chi connectivity index (χ4n) is 2.52. The van der Waals surface area contributed by atoms with E-state index in [0.29, 0.717) is 5.82 Å². The summed E-state index contributed by atoms with van der Waals surface area (Å²) < 4.78 is 1.68. The minimum absolute atomic E-state index is 0.0144. The Morgan fingerprint density at radius 3 is 2.26 bits per heavy atom. The van der Waals surface area contributed by atoms with Crippen LogP contribution in [0.1, 0.15) is 27.3 Å². The summed E-state index contributed by atoms with van der Waals surface area (Å²) in [4.78, 5) is 15.8. The number of hydrogen-bond donors (Lipinski definition) is 1. The topological polar surface area (TPSA) is 73.8 Å². The van der Waals surface area contributed by atoms with Crippen molar-refractivity contribution in [2.45, 2.75) is 20.8 Å². The number of nitrogens with two attached hydrogens (primary N) is 1. The van der Waals surface area contributed by atoms with Crippen molar-refractivity contribution < 1.29 is 4.79 Å². The summed E-state index contributed by atoms with van der Waals surface area (Å²) in [6.45, 7) is 6.06. The van der Waals surface area contributed by atoms with Gasteiger partial charge in [0.25, 0.3) is 5.91 Å². The maximum atomic E-state index is 11.5. The lowest BCUT2D eigenvalue weighted by molar-refractivity contribution is 0.0990. The molecule has 0 fully saturated rings. The number of benzene rings is 2. The SMILES string of the molecule is Cc1ccc(-c2nc(C(N)=O)nn2-c2ccc(C)cc2C)cc1. The van der Waals surface area contributed by atoms with Gasteiger partial charge in [0.2, 0.25) is 5.82 Å². The maximum absolute atomic E-state index is 11.5. The Hall–Kier alpha value is -2.95. The van der Waals surface area contributed by atoms with Crippen LogP contribution in [0, 0.1) is 20.8 Å². The van der Waals surface area contributed by atoms with Crippen LogP contribution in [0.15, 0.2) is 42.5 Å². The molecule has 0 bridgehead atoms. The minimum atomic E-state index is -0.637. The molecular weight excluding hydrogens is 288 g/mol. The van der Waals surface area contributed by atoms with Crippen LogP contribution in [0.3, 0.4) is 0 Å². The zero-order valence-corrected chi connectivity index (χ0v) is 13.4. The monoisotopic (exact) mass is 306 g/mol. The van der Waals surface area contributed by atoms with Crippen LogP contribution in [-0.2, 0) is 0 Å². The van der Waals surface area contributed by atoms with E-state index in [1.165, 1.54) is 5.56 Å². The summed E-state index contributed by atoms with van der Waals surface area (Å²) in [5.74, 6) is -0.0202. The Morgan fingerprint density at radius 1 is 1.00 bits per heavy atom. The molecule has 1 aromatic heterocycles. The molecule has 5 nitrogen and oxygen atoms in total. The summed E-state index contributed by atoms with van der Waals surface area (Å²) in [5.41, 5.74) is 10.5. The molecule has 0 aliphatic rings. The number of carbonyl (C=O) groups is 1. The molecule has 2 N–H and O–H groups in total. The van der Waals surface area contributed by atoms with Gasteiger partial charge in [0, 0.05) is 5.56 Å². The van der Waals surface area contributed by atoms with E-state index in [1.54, 1.807) is 4.68 Å². The van der Waals surface area contributed by atoms with Crippen molar-refractivity contribution in [1.82, 2.24) is 14.8 Å². The second kappa shape index (κ2) is 5.68. The normalized spacial score (nSPS) is 10.7. The predicted octanol–water partition coefficient (Wildman–Crippen LogP) is 2.96. The Kier molecular flexibility index (Phi) is 3.70. The molecule has 0 aliphatic carbocycles. The van der Waals surface area contributed by atoms with Gasteiger partial charge in [-0.3, -0.25) is 4.79 Å². The van der Waals surface area contributed by atoms with Crippen molar-refractivity contribution in [3.63, 3.8) is 0 Å². The highest BCUT2D eigenvalue weighted by molar-refractivity contribution is 5.89. The van der Waals surface area contributed by atoms with Gasteiger partial charge in [0.1, 0.15) is 0 Å². The number of nitrogens with zero attached hydrogens (tertiary/aromatic N) is 3. The Labute approximate surface area is 134 Å². The van der Waals surface area contributed by atoms with Crippen LogP contribution in [-0.4, -0.2) is 20.7 Å². The first-order valence-corrected chi connectivity index (χ1v) is 7.37. The van der Waals surface area contributed by atoms with Gasteiger partial charge >= 0.3 is 0 Å². The van der Waals surface area contributed by atoms with Crippen LogP contribution >= 0.6 is 0 Å². The fourth-order valence-corrected chi connectivity index (χ4v) is 2.52. The quantitative estimate of drug-likeness (QED) is 0.808. The first-order valence-electron chi connectivity index (χ1n) is 7.37. The van der Waals surface area contributed by atoms with Crippen molar-refractivity contribution >= 4 is 5.91 Å². The van der Waals surface area contributed by atoms with Crippen LogP contribution < -0.4 is 5.73 Å². The van der Waals surface area contributed by atoms with Crippen LogP contribution in [0.5, 0.6) is 0 Å². The van der Waals surface area contributed by atoms with E-state index in [1.807, 2.05) is 57.2 Å². The van der Waals surface area contributed by atoms with E-state index in [0.717, 1.165) is 22.4 Å². The molecule has 5 heteroatoms. The third-order valence-corrected chi connectivity index (χ3v) is 3.72. The summed E-state index contributed by atoms with van der Waals surface area (Å²) in [5, 5.41) is 4.30. The number of carbonyl (C=O) groups excluding carboxylic acids is 1. The molecule has 0 spiro atoms. The van der Waals surface area contributed by atoms with Crippen LogP contribution in [0.25, 0.3) is 17.1 Å². The minimum Gasteiger partial charge on any atom is -0.363 e. The van der Waals surface area contributed by atoms with Crippen molar-refractivity contribution in [1.29, 1.82) is 0 Å². The molecule has 3 rings (SSSR count). The van der Waals surface area contributed by atoms with Crippen molar-refractivity contribution in [3.05, 3.63) is 65.0 Å². The van der Waals surface area contributed by atoms with Gasteiger partial charge in [-0.2, -0.15) is 0 Å². The van der Waals surface area contributed by atoms with E-state index in [9.17, 15) is 4.79 Å². The summed E-state index contributed by atoms with van der Waals surface area (Å²) in [6.07, 6.45) is 0. The third-order valence-electron chi connectivity index (χ3n) is 3.72. The van der Waals surface area contributed by atoms with Gasteiger partial charge < -0.3 is 5.73 Å². The highest BCUT2D eigenvalue weighted by Gasteiger charge is 2.17. The van der Waals surface area contributed by atoms with E-state index in [4.69, 9.17) is 5.73 Å². The molecule has 0 unspecified atom stereocenters. The molecule has 0 saturated heterocycles. The number of rotatable bonds is 3. The number of amides is 1. The molecule has 0 radical (unpaired) electrons. The molecule has 2 aromatic carbocycles. The lowest BCUT2D eigenvalue weighted by atomic mass is 10.1. The first kappa shape index (κ1) is 15.0. The van der Waals surface area contributed by atoms with E-state index >= 15 is 0 Å². The van der Waals surface area contributed by atoms with Crippen LogP contribution in [0.4, 0.5) is 0 Å². The maximum Gasteiger partial charge on any atom is 0.288 e. The van der Waals surface area contributed by atoms with Gasteiger partial charge in [-0.25, -0.2) is 9.67 Å². The highest BCUT2D eigenvalue weighted by Crippen LogP contribution is 2.24. The molecule has 1 amide bonds. The lowest BCUT2D eigenvalue weighted by Gasteiger charge is -2.10. The molecule has 1 heterocycles. The van der Waals surface area contributed by atoms with Gasteiger partial charge in [-0.1, -0.05) is 47.5 Å². The van der Waals surface area contributed by atoms with Gasteiger partial charge in [-0.15, -0.1) is 5.10 Å². The standard InChI is InChI=1S/C18H18N4O/c1-11-4-7-14(8-5-11)18-20-17(16(19)23)21-22(18)15-9-6-12(2)10-13(15)3/h4-10H,1-3H3,(H2,19,23). The molecule has 0 saturated carbocycles. The largest absolute Gasteiger partial charge is 0.363 e. The van der Waals surface area contributed by atoms with Gasteiger partial charge in [0.05, 0.1) is 5.69 Å². The Balaban J connectivity index is 2.22. The molecule has 0 atom stereocenters. The third kappa shape index (κ3) is 2.85. The lowest BCUT2D eigenvalue weighted by Crippen LogP contribution is -2.13. The van der Waals surface area contributed by atoms with Gasteiger partial charge in [-0.05, 0) is 32.4 Å². The first-order chi connectivity index (χ1) is 11.0. The Bertz CT molecular complexity index is 879. The summed E-state index contributed by atoms with van der Waals surface area (Å²) in [7, 11) is 0. The zero-order valence-electron chi connectivity index (χ0n) is 13.4. The molecule has 0 aliphatic heterocycles. The second-order valence-electron chi connectivity index (χ2n) is 5.69. The smallest absolute Gasteiger partial charge is 0.288 e. The average molecular weight is 306 g/mol. The van der Waals surface area contributed by atoms with Gasteiger partial charge in [0.15, 0.2) is 5.82 Å². The van der Waals surface area contributed by atoms with Crippen molar-refractivity contribution in [2.75, 3.05) is 0 Å². The summed E-state index contributed by atoms with van der Waals surface area (Å²) in [6, 6.07) is 14.0. The summed E-state index contributed by atoms with van der Waals surface area (Å²) >= 11 is 0. The fraction of sp³-hybridized carbons (Fsp3) is 0.167. The van der Waals surface area contributed by atoms with Crippen molar-refractivity contribution in [2.24, 2.45) is 5.73 Å². The second-order valence-corrected chi connectivity index (χ2v) is 5.69. The van der Waals surface area contributed by atoms with E-state index in [2.05, 4.69) is 16.1 Å². The molecule has 116 valence electrons.